The quantitative estimate of drug-likeness (QED) is 0.522. The van der Waals surface area contributed by atoms with Crippen LogP contribution in [0.4, 0.5) is 5.82 Å². The van der Waals surface area contributed by atoms with Crippen LogP contribution in [-0.4, -0.2) is 58.1 Å². The highest BCUT2D eigenvalue weighted by atomic mass is 16.2. The highest BCUT2D eigenvalue weighted by molar-refractivity contribution is 6.09. The number of hydrogen-bond donors (Lipinski definition) is 2. The fraction of sp³-hybridized carbons (Fsp3) is 0.250. The summed E-state index contributed by atoms with van der Waals surface area (Å²) in [7, 11) is 0. The number of nitrogens with two attached hydrogens (primary N) is 1. The van der Waals surface area contributed by atoms with Gasteiger partial charge in [0.2, 0.25) is 0 Å². The van der Waals surface area contributed by atoms with Crippen molar-refractivity contribution < 1.29 is 9.59 Å². The summed E-state index contributed by atoms with van der Waals surface area (Å²) < 4.78 is 0. The third-order valence-corrected chi connectivity index (χ3v) is 6.31. The maximum absolute atomic E-state index is 13.2. The van der Waals surface area contributed by atoms with Crippen LogP contribution in [0.5, 0.6) is 0 Å². The Kier molecular flexibility index (Phi) is 4.77. The number of piperazine rings is 1. The third-order valence-electron chi connectivity index (χ3n) is 6.31. The van der Waals surface area contributed by atoms with Gasteiger partial charge in [-0.3, -0.25) is 9.59 Å². The Hall–Kier alpha value is -3.94. The van der Waals surface area contributed by atoms with Crippen molar-refractivity contribution in [3.05, 3.63) is 65.0 Å². The number of aromatic nitrogens is 3. The zero-order chi connectivity index (χ0) is 22.4. The number of nitrogens with zero attached hydrogens (tertiary/aromatic N) is 4. The van der Waals surface area contributed by atoms with Gasteiger partial charge in [-0.1, -0.05) is 30.3 Å². The van der Waals surface area contributed by atoms with Crippen molar-refractivity contribution in [2.24, 2.45) is 5.73 Å². The number of aryl methyl sites for hydroxylation is 1. The van der Waals surface area contributed by atoms with Crippen molar-refractivity contribution in [3.8, 4) is 0 Å². The number of carbonyl (C=O) groups is 2. The second-order valence-corrected chi connectivity index (χ2v) is 8.18. The molecule has 4 aromatic rings. The molecule has 162 valence electrons. The lowest BCUT2D eigenvalue weighted by atomic mass is 10.1. The van der Waals surface area contributed by atoms with Crippen LogP contribution in [0.2, 0.25) is 0 Å². The van der Waals surface area contributed by atoms with Gasteiger partial charge in [-0.15, -0.1) is 5.10 Å². The number of rotatable bonds is 3. The number of aromatic amines is 1. The van der Waals surface area contributed by atoms with E-state index in [9.17, 15) is 9.59 Å². The fourth-order valence-corrected chi connectivity index (χ4v) is 4.40. The Morgan fingerprint density at radius 3 is 2.47 bits per heavy atom. The molecule has 2 aromatic carbocycles. The Balaban J connectivity index is 1.37. The van der Waals surface area contributed by atoms with Crippen molar-refractivity contribution in [2.45, 2.75) is 13.8 Å². The molecule has 5 rings (SSSR count). The predicted molar refractivity (Wildman–Crippen MR) is 124 cm³/mol. The molecular weight excluding hydrogens is 404 g/mol. The first kappa shape index (κ1) is 20.0. The molecule has 0 spiro atoms. The van der Waals surface area contributed by atoms with E-state index in [0.29, 0.717) is 48.9 Å². The molecule has 1 aliphatic heterocycles. The number of anilines is 1. The van der Waals surface area contributed by atoms with Gasteiger partial charge < -0.3 is 20.5 Å². The molecule has 1 saturated heterocycles. The number of benzene rings is 2. The van der Waals surface area contributed by atoms with Crippen LogP contribution in [0.3, 0.4) is 0 Å². The van der Waals surface area contributed by atoms with Gasteiger partial charge in [0.05, 0.1) is 11.3 Å². The summed E-state index contributed by atoms with van der Waals surface area (Å²) in [5.41, 5.74) is 8.97. The molecule has 0 unspecified atom stereocenters. The summed E-state index contributed by atoms with van der Waals surface area (Å²) in [6.07, 6.45) is 0. The van der Waals surface area contributed by atoms with Crippen LogP contribution in [0.1, 0.15) is 32.1 Å². The standard InChI is InChI=1S/C24H24N6O2/c1-14-15(2)27-28-23(21(14)22(25)31)29-9-11-30(12-10-29)24(32)20-13-18-17-6-4-3-5-16(17)7-8-19(18)26-20/h3-8,13,26H,9-12H2,1-2H3,(H2,25,31). The van der Waals surface area contributed by atoms with Gasteiger partial charge in [-0.05, 0) is 42.3 Å². The van der Waals surface area contributed by atoms with Gasteiger partial charge in [0, 0.05) is 37.1 Å². The number of carbonyl (C=O) groups excluding carboxylic acids is 2. The number of amides is 2. The molecule has 2 amide bonds. The van der Waals surface area contributed by atoms with E-state index in [0.717, 1.165) is 27.2 Å². The van der Waals surface area contributed by atoms with Crippen LogP contribution in [0.25, 0.3) is 21.7 Å². The maximum Gasteiger partial charge on any atom is 0.270 e. The molecule has 32 heavy (non-hydrogen) atoms. The Bertz CT molecular complexity index is 1370. The Morgan fingerprint density at radius 2 is 1.72 bits per heavy atom. The van der Waals surface area contributed by atoms with Gasteiger partial charge in [0.25, 0.3) is 11.8 Å². The largest absolute Gasteiger partial charge is 0.365 e. The Morgan fingerprint density at radius 1 is 0.969 bits per heavy atom. The normalized spacial score (nSPS) is 14.3. The summed E-state index contributed by atoms with van der Waals surface area (Å²) >= 11 is 0. The highest BCUT2D eigenvalue weighted by Gasteiger charge is 2.27. The topological polar surface area (TPSA) is 108 Å². The van der Waals surface area contributed by atoms with Gasteiger partial charge in [0.1, 0.15) is 5.69 Å². The molecule has 0 radical (unpaired) electrons. The van der Waals surface area contributed by atoms with Gasteiger partial charge in [-0.2, -0.15) is 5.10 Å². The molecule has 1 aliphatic rings. The zero-order valence-electron chi connectivity index (χ0n) is 18.1. The number of fused-ring (bicyclic) bond motifs is 3. The zero-order valence-corrected chi connectivity index (χ0v) is 18.1. The molecule has 0 atom stereocenters. The van der Waals surface area contributed by atoms with Crippen LogP contribution in [0, 0.1) is 13.8 Å². The van der Waals surface area contributed by atoms with E-state index in [2.05, 4.69) is 33.4 Å². The van der Waals surface area contributed by atoms with E-state index in [4.69, 9.17) is 5.73 Å². The Labute approximate surface area is 185 Å². The fourth-order valence-electron chi connectivity index (χ4n) is 4.40. The molecule has 8 heteroatoms. The van der Waals surface area contributed by atoms with Crippen molar-refractivity contribution in [2.75, 3.05) is 31.1 Å². The third kappa shape index (κ3) is 3.24. The SMILES string of the molecule is Cc1nnc(N2CCN(C(=O)c3cc4c(ccc5ccccc54)[nH]3)CC2)c(C(N)=O)c1C. The smallest absolute Gasteiger partial charge is 0.270 e. The maximum atomic E-state index is 13.2. The van der Waals surface area contributed by atoms with Crippen LogP contribution >= 0.6 is 0 Å². The molecule has 1 fully saturated rings. The molecule has 0 saturated carbocycles. The molecule has 3 N–H and O–H groups in total. The van der Waals surface area contributed by atoms with E-state index in [1.165, 1.54) is 0 Å². The van der Waals surface area contributed by atoms with E-state index in [1.54, 1.807) is 6.92 Å². The number of primary amides is 1. The first-order chi connectivity index (χ1) is 15.4. The number of hydrogen-bond acceptors (Lipinski definition) is 5. The molecule has 8 nitrogen and oxygen atoms in total. The minimum Gasteiger partial charge on any atom is -0.365 e. The molecular formula is C24H24N6O2. The van der Waals surface area contributed by atoms with E-state index in [1.807, 2.05) is 41.0 Å². The van der Waals surface area contributed by atoms with E-state index >= 15 is 0 Å². The first-order valence-electron chi connectivity index (χ1n) is 10.6. The molecule has 0 bridgehead atoms. The summed E-state index contributed by atoms with van der Waals surface area (Å²) in [6.45, 7) is 5.76. The van der Waals surface area contributed by atoms with Crippen molar-refractivity contribution in [1.29, 1.82) is 0 Å². The van der Waals surface area contributed by atoms with Gasteiger partial charge in [0.15, 0.2) is 5.82 Å². The minimum atomic E-state index is -0.515. The lowest BCUT2D eigenvalue weighted by Crippen LogP contribution is -2.49. The van der Waals surface area contributed by atoms with Crippen LogP contribution < -0.4 is 10.6 Å². The molecule has 0 aliphatic carbocycles. The average molecular weight is 428 g/mol. The summed E-state index contributed by atoms with van der Waals surface area (Å²) in [4.78, 5) is 32.3. The van der Waals surface area contributed by atoms with Crippen molar-refractivity contribution in [3.63, 3.8) is 0 Å². The summed E-state index contributed by atoms with van der Waals surface area (Å²) in [5, 5.41) is 11.7. The van der Waals surface area contributed by atoms with E-state index < -0.39 is 5.91 Å². The summed E-state index contributed by atoms with van der Waals surface area (Å²) in [6, 6.07) is 14.2. The van der Waals surface area contributed by atoms with Crippen molar-refractivity contribution in [1.82, 2.24) is 20.1 Å². The lowest BCUT2D eigenvalue weighted by Gasteiger charge is -2.35. The predicted octanol–water partition coefficient (Wildman–Crippen LogP) is 2.79. The second kappa shape index (κ2) is 7.64. The highest BCUT2D eigenvalue weighted by Crippen LogP contribution is 2.27. The van der Waals surface area contributed by atoms with Gasteiger partial charge >= 0.3 is 0 Å². The number of H-pyrrole nitrogens is 1. The van der Waals surface area contributed by atoms with Crippen LogP contribution in [-0.2, 0) is 0 Å². The average Bonchev–Trinajstić information content (AvgIpc) is 3.25. The monoisotopic (exact) mass is 428 g/mol. The number of nitrogens with one attached hydrogen (secondary N) is 1. The lowest BCUT2D eigenvalue weighted by molar-refractivity contribution is 0.0741. The minimum absolute atomic E-state index is 0.0359. The van der Waals surface area contributed by atoms with Crippen molar-refractivity contribution >= 4 is 39.3 Å². The van der Waals surface area contributed by atoms with Gasteiger partial charge in [-0.25, -0.2) is 0 Å². The molecule has 3 heterocycles. The first-order valence-corrected chi connectivity index (χ1v) is 10.6. The van der Waals surface area contributed by atoms with Crippen LogP contribution in [0.15, 0.2) is 42.5 Å². The van der Waals surface area contributed by atoms with E-state index in [-0.39, 0.29) is 5.91 Å². The molecule has 2 aromatic heterocycles. The summed E-state index contributed by atoms with van der Waals surface area (Å²) in [5.74, 6) is -0.0599. The second-order valence-electron chi connectivity index (χ2n) is 8.18.